The normalized spacial score (nSPS) is 17.4. The molecule has 0 N–H and O–H groups in total. The number of benzene rings is 1. The van der Waals surface area contributed by atoms with Gasteiger partial charge in [0.25, 0.3) is 0 Å². The van der Waals surface area contributed by atoms with Crippen LogP contribution in [0.4, 0.5) is 9.18 Å². The van der Waals surface area contributed by atoms with Crippen LogP contribution in [0.5, 0.6) is 0 Å². The summed E-state index contributed by atoms with van der Waals surface area (Å²) in [4.78, 5) is 24.5. The third-order valence-electron chi connectivity index (χ3n) is 3.07. The van der Waals surface area contributed by atoms with Crippen LogP contribution in [-0.4, -0.2) is 29.7 Å². The standard InChI is InChI=1S/C15H18FNO4/c1-15(2,3)21-14(19)17-8-10-6-5-9(13(18)20-4)7-11(10)12(17)16/h5-7,12H,8H2,1-4H3. The van der Waals surface area contributed by atoms with Crippen molar-refractivity contribution in [1.29, 1.82) is 0 Å². The summed E-state index contributed by atoms with van der Waals surface area (Å²) in [5.41, 5.74) is 0.512. The molecule has 0 aromatic heterocycles. The highest BCUT2D eigenvalue weighted by Gasteiger charge is 2.36. The largest absolute Gasteiger partial charge is 0.465 e. The van der Waals surface area contributed by atoms with Gasteiger partial charge in [-0.25, -0.2) is 14.0 Å². The van der Waals surface area contributed by atoms with E-state index in [1.54, 1.807) is 32.9 Å². The highest BCUT2D eigenvalue weighted by molar-refractivity contribution is 5.89. The topological polar surface area (TPSA) is 55.8 Å². The second-order valence-electron chi connectivity index (χ2n) is 5.85. The minimum Gasteiger partial charge on any atom is -0.465 e. The summed E-state index contributed by atoms with van der Waals surface area (Å²) in [5, 5.41) is 0. The van der Waals surface area contributed by atoms with Crippen molar-refractivity contribution >= 4 is 12.1 Å². The van der Waals surface area contributed by atoms with Gasteiger partial charge in [0, 0.05) is 5.56 Å². The first kappa shape index (κ1) is 15.3. The second-order valence-corrected chi connectivity index (χ2v) is 5.85. The predicted molar refractivity (Wildman–Crippen MR) is 73.4 cm³/mol. The number of amides is 1. The SMILES string of the molecule is COC(=O)c1ccc2c(c1)C(F)N(C(=O)OC(C)(C)C)C2. The fourth-order valence-corrected chi connectivity index (χ4v) is 2.11. The van der Waals surface area contributed by atoms with E-state index in [4.69, 9.17) is 4.74 Å². The van der Waals surface area contributed by atoms with E-state index in [9.17, 15) is 14.0 Å². The van der Waals surface area contributed by atoms with Crippen molar-refractivity contribution in [2.75, 3.05) is 7.11 Å². The van der Waals surface area contributed by atoms with Gasteiger partial charge in [0.05, 0.1) is 19.2 Å². The molecule has 0 spiro atoms. The van der Waals surface area contributed by atoms with Crippen LogP contribution in [0.25, 0.3) is 0 Å². The third-order valence-corrected chi connectivity index (χ3v) is 3.07. The molecule has 1 aromatic rings. The van der Waals surface area contributed by atoms with Gasteiger partial charge in [0.15, 0.2) is 0 Å². The van der Waals surface area contributed by atoms with Gasteiger partial charge in [-0.1, -0.05) is 6.07 Å². The lowest BCUT2D eigenvalue weighted by Crippen LogP contribution is -2.34. The Morgan fingerprint density at radius 1 is 1.33 bits per heavy atom. The van der Waals surface area contributed by atoms with E-state index < -0.39 is 24.0 Å². The summed E-state index contributed by atoms with van der Waals surface area (Å²) in [6.07, 6.45) is -2.34. The van der Waals surface area contributed by atoms with Gasteiger partial charge in [0.1, 0.15) is 5.60 Å². The van der Waals surface area contributed by atoms with Crippen molar-refractivity contribution in [3.05, 3.63) is 34.9 Å². The van der Waals surface area contributed by atoms with Gasteiger partial charge in [-0.2, -0.15) is 0 Å². The molecule has 1 aromatic carbocycles. The molecule has 1 aliphatic rings. The summed E-state index contributed by atoms with van der Waals surface area (Å²) >= 11 is 0. The first-order valence-electron chi connectivity index (χ1n) is 6.58. The number of halogens is 1. The predicted octanol–water partition coefficient (Wildman–Crippen LogP) is 3.19. The molecule has 1 atom stereocenters. The Hall–Kier alpha value is -2.11. The quantitative estimate of drug-likeness (QED) is 0.590. The molecule has 1 amide bonds. The molecule has 1 aliphatic heterocycles. The number of ether oxygens (including phenoxy) is 2. The Morgan fingerprint density at radius 2 is 2.00 bits per heavy atom. The van der Waals surface area contributed by atoms with Gasteiger partial charge in [-0.05, 0) is 38.5 Å². The Morgan fingerprint density at radius 3 is 2.57 bits per heavy atom. The maximum atomic E-state index is 14.4. The van der Waals surface area contributed by atoms with Gasteiger partial charge in [-0.3, -0.25) is 4.90 Å². The molecular weight excluding hydrogens is 277 g/mol. The molecule has 6 heteroatoms. The molecule has 0 radical (unpaired) electrons. The highest BCUT2D eigenvalue weighted by Crippen LogP contribution is 2.36. The van der Waals surface area contributed by atoms with Crippen LogP contribution in [-0.2, 0) is 16.0 Å². The average molecular weight is 295 g/mol. The maximum Gasteiger partial charge on any atom is 0.413 e. The van der Waals surface area contributed by atoms with Crippen LogP contribution in [0.15, 0.2) is 18.2 Å². The van der Waals surface area contributed by atoms with Crippen molar-refractivity contribution in [2.45, 2.75) is 39.2 Å². The summed E-state index contributed by atoms with van der Waals surface area (Å²) < 4.78 is 24.2. The number of fused-ring (bicyclic) bond motifs is 1. The van der Waals surface area contributed by atoms with Crippen LogP contribution >= 0.6 is 0 Å². The minimum atomic E-state index is -1.63. The second kappa shape index (κ2) is 5.35. The Kier molecular flexibility index (Phi) is 3.89. The Labute approximate surface area is 122 Å². The monoisotopic (exact) mass is 295 g/mol. The molecular formula is C15H18FNO4. The van der Waals surface area contributed by atoms with Crippen LogP contribution < -0.4 is 0 Å². The van der Waals surface area contributed by atoms with Crippen molar-refractivity contribution in [1.82, 2.24) is 4.90 Å². The number of hydrogen-bond donors (Lipinski definition) is 0. The summed E-state index contributed by atoms with van der Waals surface area (Å²) in [7, 11) is 1.26. The lowest BCUT2D eigenvalue weighted by atomic mass is 10.1. The van der Waals surface area contributed by atoms with Crippen molar-refractivity contribution < 1.29 is 23.5 Å². The van der Waals surface area contributed by atoms with Crippen LogP contribution in [0.3, 0.4) is 0 Å². The Balaban J connectivity index is 2.22. The number of methoxy groups -OCH3 is 1. The van der Waals surface area contributed by atoms with E-state index in [0.29, 0.717) is 11.1 Å². The van der Waals surface area contributed by atoms with E-state index in [1.807, 2.05) is 0 Å². The first-order valence-corrected chi connectivity index (χ1v) is 6.58. The maximum absolute atomic E-state index is 14.4. The summed E-state index contributed by atoms with van der Waals surface area (Å²) in [6.45, 7) is 5.27. The summed E-state index contributed by atoms with van der Waals surface area (Å²) in [6, 6.07) is 4.59. The summed E-state index contributed by atoms with van der Waals surface area (Å²) in [5.74, 6) is -0.541. The fraction of sp³-hybridized carbons (Fsp3) is 0.467. The molecule has 0 saturated heterocycles. The van der Waals surface area contributed by atoms with E-state index in [1.165, 1.54) is 13.2 Å². The fourth-order valence-electron chi connectivity index (χ4n) is 2.11. The first-order chi connectivity index (χ1) is 9.73. The van der Waals surface area contributed by atoms with E-state index >= 15 is 0 Å². The smallest absolute Gasteiger partial charge is 0.413 e. The third kappa shape index (κ3) is 3.15. The van der Waals surface area contributed by atoms with Crippen LogP contribution in [0.1, 0.15) is 48.6 Å². The zero-order valence-electron chi connectivity index (χ0n) is 12.5. The van der Waals surface area contributed by atoms with Gasteiger partial charge in [-0.15, -0.1) is 0 Å². The molecule has 0 fully saturated rings. The van der Waals surface area contributed by atoms with Crippen LogP contribution in [0.2, 0.25) is 0 Å². The number of esters is 1. The molecule has 0 bridgehead atoms. The molecule has 1 unspecified atom stereocenters. The number of alkyl halides is 1. The molecule has 114 valence electrons. The molecule has 0 aliphatic carbocycles. The lowest BCUT2D eigenvalue weighted by Gasteiger charge is -2.25. The minimum absolute atomic E-state index is 0.118. The van der Waals surface area contributed by atoms with Crippen LogP contribution in [0, 0.1) is 0 Å². The van der Waals surface area contributed by atoms with E-state index in [-0.39, 0.29) is 12.1 Å². The number of nitrogens with zero attached hydrogens (tertiary/aromatic N) is 1. The molecule has 0 saturated carbocycles. The zero-order valence-corrected chi connectivity index (χ0v) is 12.5. The Bertz CT molecular complexity index is 580. The van der Waals surface area contributed by atoms with Crippen molar-refractivity contribution in [2.24, 2.45) is 0 Å². The van der Waals surface area contributed by atoms with Gasteiger partial charge in [0.2, 0.25) is 6.30 Å². The lowest BCUT2D eigenvalue weighted by molar-refractivity contribution is -0.000176. The number of hydrogen-bond acceptors (Lipinski definition) is 4. The number of rotatable bonds is 1. The van der Waals surface area contributed by atoms with E-state index in [2.05, 4.69) is 4.74 Å². The van der Waals surface area contributed by atoms with Crippen molar-refractivity contribution in [3.8, 4) is 0 Å². The molecule has 5 nitrogen and oxygen atoms in total. The van der Waals surface area contributed by atoms with Gasteiger partial charge >= 0.3 is 12.1 Å². The number of carbonyl (C=O) groups is 2. The van der Waals surface area contributed by atoms with Crippen molar-refractivity contribution in [3.63, 3.8) is 0 Å². The zero-order chi connectivity index (χ0) is 15.8. The number of carbonyl (C=O) groups excluding carboxylic acids is 2. The average Bonchev–Trinajstić information content (AvgIpc) is 2.73. The molecule has 2 rings (SSSR count). The molecule has 1 heterocycles. The molecule has 21 heavy (non-hydrogen) atoms. The highest BCUT2D eigenvalue weighted by atomic mass is 19.1. The van der Waals surface area contributed by atoms with E-state index in [0.717, 1.165) is 4.90 Å². The van der Waals surface area contributed by atoms with Gasteiger partial charge < -0.3 is 9.47 Å².